The first-order valence-corrected chi connectivity index (χ1v) is 12.6. The van der Waals surface area contributed by atoms with E-state index < -0.39 is 17.4 Å². The van der Waals surface area contributed by atoms with Crippen LogP contribution < -0.4 is 5.32 Å². The third-order valence-electron chi connectivity index (χ3n) is 6.31. The Hall–Kier alpha value is -1.77. The van der Waals surface area contributed by atoms with Gasteiger partial charge in [0, 0.05) is 58.2 Å². The van der Waals surface area contributed by atoms with Crippen LogP contribution in [0.3, 0.4) is 0 Å². The lowest BCUT2D eigenvalue weighted by molar-refractivity contribution is -0.145. The van der Waals surface area contributed by atoms with Gasteiger partial charge in [0.1, 0.15) is 6.04 Å². The zero-order chi connectivity index (χ0) is 24.3. The Morgan fingerprint density at radius 3 is 2.58 bits per heavy atom. The van der Waals surface area contributed by atoms with Crippen LogP contribution in [0.2, 0.25) is 0 Å². The van der Waals surface area contributed by atoms with Crippen LogP contribution in [0.15, 0.2) is 32.7 Å². The molecule has 0 bridgehead atoms. The molecule has 1 N–H and O–H groups in total. The molecule has 3 aliphatic rings. The number of esters is 1. The number of hydrogen-bond donors (Lipinski definition) is 1. The summed E-state index contributed by atoms with van der Waals surface area (Å²) in [5.74, 6) is -0.380. The number of ether oxygens (including phenoxy) is 1. The van der Waals surface area contributed by atoms with Crippen LogP contribution in [0.4, 0.5) is 0 Å². The molecule has 0 spiro atoms. The standard InChI is InChI=1S/C23H28Cl2N2O5S/c1-13(22(31)32-3)26-21(30)14-5-9-27(10-6-14)17(29)4-8-23(2)12-15-16(28)7-11-33-19(15)18(24)20(23)25/h4,8,13-14H,5-7,9-12H2,1-3H3,(H,26,30)/b8-4+/t13-,23?/m0/s1. The Labute approximate surface area is 207 Å². The monoisotopic (exact) mass is 514 g/mol. The summed E-state index contributed by atoms with van der Waals surface area (Å²) in [6, 6.07) is -0.712. The lowest BCUT2D eigenvalue weighted by Crippen LogP contribution is -2.46. The summed E-state index contributed by atoms with van der Waals surface area (Å²) in [6.45, 7) is 4.30. The largest absolute Gasteiger partial charge is 0.467 e. The molecule has 2 aliphatic heterocycles. The minimum absolute atomic E-state index is 0.0823. The summed E-state index contributed by atoms with van der Waals surface area (Å²) in [6.07, 6.45) is 5.11. The fourth-order valence-corrected chi connectivity index (χ4v) is 6.06. The van der Waals surface area contributed by atoms with E-state index in [0.29, 0.717) is 60.2 Å². The Bertz CT molecular complexity index is 952. The number of nitrogens with one attached hydrogen (secondary N) is 1. The zero-order valence-corrected chi connectivity index (χ0v) is 21.2. The second kappa shape index (κ2) is 10.7. The van der Waals surface area contributed by atoms with Crippen molar-refractivity contribution in [3.8, 4) is 0 Å². The van der Waals surface area contributed by atoms with Gasteiger partial charge >= 0.3 is 5.97 Å². The maximum Gasteiger partial charge on any atom is 0.328 e. The Balaban J connectivity index is 1.59. The van der Waals surface area contributed by atoms with Gasteiger partial charge in [-0.1, -0.05) is 36.2 Å². The number of methoxy groups -OCH3 is 1. The molecule has 0 saturated carbocycles. The number of carbonyl (C=O) groups excluding carboxylic acids is 4. The summed E-state index contributed by atoms with van der Waals surface area (Å²) in [4.78, 5) is 51.5. The number of halogens is 2. The van der Waals surface area contributed by atoms with E-state index in [-0.39, 0.29) is 23.5 Å². The number of hydrogen-bond acceptors (Lipinski definition) is 6. The lowest BCUT2D eigenvalue weighted by Gasteiger charge is -2.35. The van der Waals surface area contributed by atoms with E-state index in [1.54, 1.807) is 29.7 Å². The number of Topliss-reactive ketones (excluding diaryl/α,β-unsaturated/α-hetero) is 1. The van der Waals surface area contributed by atoms with E-state index in [1.165, 1.54) is 13.2 Å². The quantitative estimate of drug-likeness (QED) is 0.445. The van der Waals surface area contributed by atoms with Gasteiger partial charge in [0.2, 0.25) is 11.8 Å². The van der Waals surface area contributed by atoms with Gasteiger partial charge in [-0.25, -0.2) is 4.79 Å². The smallest absolute Gasteiger partial charge is 0.328 e. The molecule has 10 heteroatoms. The van der Waals surface area contributed by atoms with Gasteiger partial charge in [-0.15, -0.1) is 11.8 Å². The number of likely N-dealkylation sites (tertiary alicyclic amines) is 1. The molecule has 3 rings (SSSR count). The van der Waals surface area contributed by atoms with E-state index in [4.69, 9.17) is 23.2 Å². The molecular weight excluding hydrogens is 487 g/mol. The molecule has 7 nitrogen and oxygen atoms in total. The van der Waals surface area contributed by atoms with Crippen LogP contribution in [0, 0.1) is 11.3 Å². The average molecular weight is 515 g/mol. The second-order valence-corrected chi connectivity index (χ2v) is 10.6. The van der Waals surface area contributed by atoms with Crippen molar-refractivity contribution < 1.29 is 23.9 Å². The van der Waals surface area contributed by atoms with Crippen molar-refractivity contribution in [1.82, 2.24) is 10.2 Å². The van der Waals surface area contributed by atoms with E-state index in [1.807, 2.05) is 6.92 Å². The van der Waals surface area contributed by atoms with Gasteiger partial charge in [-0.2, -0.15) is 0 Å². The molecule has 33 heavy (non-hydrogen) atoms. The number of allylic oxidation sites excluding steroid dienone is 4. The van der Waals surface area contributed by atoms with Gasteiger partial charge in [-0.3, -0.25) is 14.4 Å². The summed E-state index contributed by atoms with van der Waals surface area (Å²) < 4.78 is 4.63. The first kappa shape index (κ1) is 25.8. The molecule has 0 radical (unpaired) electrons. The minimum atomic E-state index is -0.733. The van der Waals surface area contributed by atoms with E-state index in [0.717, 1.165) is 4.91 Å². The number of rotatable bonds is 5. The fourth-order valence-electron chi connectivity index (χ4n) is 4.20. The van der Waals surface area contributed by atoms with Gasteiger partial charge in [0.25, 0.3) is 0 Å². The molecule has 1 unspecified atom stereocenters. The van der Waals surface area contributed by atoms with Gasteiger partial charge in [0.15, 0.2) is 5.78 Å². The normalized spacial score (nSPS) is 25.2. The van der Waals surface area contributed by atoms with E-state index in [9.17, 15) is 19.2 Å². The molecule has 0 aromatic carbocycles. The van der Waals surface area contributed by atoms with Crippen molar-refractivity contribution in [2.75, 3.05) is 26.0 Å². The molecule has 0 aromatic heterocycles. The maximum absolute atomic E-state index is 12.8. The number of ketones is 1. The number of carbonyl (C=O) groups is 4. The molecular formula is C23H28Cl2N2O5S. The predicted octanol–water partition coefficient (Wildman–Crippen LogP) is 3.52. The van der Waals surface area contributed by atoms with Crippen molar-refractivity contribution in [2.24, 2.45) is 11.3 Å². The van der Waals surface area contributed by atoms with Gasteiger partial charge in [-0.05, 0) is 26.2 Å². The SMILES string of the molecule is COC(=O)[C@H](C)NC(=O)C1CCN(C(=O)/C=C/C2(C)CC3=C(SCCC3=O)C(Cl)=C2Cl)CC1. The van der Waals surface area contributed by atoms with Crippen LogP contribution in [-0.2, 0) is 23.9 Å². The highest BCUT2D eigenvalue weighted by atomic mass is 35.5. The molecule has 0 aromatic rings. The first-order chi connectivity index (χ1) is 15.6. The topological polar surface area (TPSA) is 92.8 Å². The highest BCUT2D eigenvalue weighted by molar-refractivity contribution is 8.03. The summed E-state index contributed by atoms with van der Waals surface area (Å²) >= 11 is 14.6. The third-order valence-corrected chi connectivity index (χ3v) is 8.66. The van der Waals surface area contributed by atoms with Crippen LogP contribution in [0.5, 0.6) is 0 Å². The number of nitrogens with zero attached hydrogens (tertiary/aromatic N) is 1. The van der Waals surface area contributed by atoms with Crippen LogP contribution in [0.1, 0.15) is 39.5 Å². The molecule has 2 atom stereocenters. The summed E-state index contributed by atoms with van der Waals surface area (Å²) in [7, 11) is 1.27. The molecule has 2 amide bonds. The predicted molar refractivity (Wildman–Crippen MR) is 129 cm³/mol. The lowest BCUT2D eigenvalue weighted by atomic mass is 9.77. The van der Waals surface area contributed by atoms with Gasteiger partial charge < -0.3 is 15.0 Å². The highest BCUT2D eigenvalue weighted by Crippen LogP contribution is 2.52. The van der Waals surface area contributed by atoms with Crippen molar-refractivity contribution >= 4 is 58.5 Å². The van der Waals surface area contributed by atoms with Gasteiger partial charge in [0.05, 0.1) is 12.1 Å². The number of amides is 2. The third kappa shape index (κ3) is 5.66. The van der Waals surface area contributed by atoms with Crippen LogP contribution >= 0.6 is 35.0 Å². The molecule has 1 fully saturated rings. The highest BCUT2D eigenvalue weighted by Gasteiger charge is 2.39. The van der Waals surface area contributed by atoms with E-state index >= 15 is 0 Å². The first-order valence-electron chi connectivity index (χ1n) is 10.9. The Morgan fingerprint density at radius 1 is 1.27 bits per heavy atom. The average Bonchev–Trinajstić information content (AvgIpc) is 2.81. The van der Waals surface area contributed by atoms with Crippen molar-refractivity contribution in [3.05, 3.63) is 32.7 Å². The number of thioether (sulfide) groups is 1. The summed E-state index contributed by atoms with van der Waals surface area (Å²) in [5, 5.41) is 3.48. The molecule has 2 heterocycles. The fraction of sp³-hybridized carbons (Fsp3) is 0.565. The van der Waals surface area contributed by atoms with Crippen molar-refractivity contribution in [1.29, 1.82) is 0 Å². The van der Waals surface area contributed by atoms with Crippen molar-refractivity contribution in [3.63, 3.8) is 0 Å². The number of piperidine rings is 1. The Kier molecular flexibility index (Phi) is 8.35. The van der Waals surface area contributed by atoms with E-state index in [2.05, 4.69) is 10.1 Å². The zero-order valence-electron chi connectivity index (χ0n) is 18.9. The van der Waals surface area contributed by atoms with Crippen molar-refractivity contribution in [2.45, 2.75) is 45.6 Å². The second-order valence-electron chi connectivity index (χ2n) is 8.74. The maximum atomic E-state index is 12.8. The van der Waals surface area contributed by atoms with Crippen LogP contribution in [0.25, 0.3) is 0 Å². The molecule has 1 saturated heterocycles. The minimum Gasteiger partial charge on any atom is -0.467 e. The van der Waals surface area contributed by atoms with Crippen LogP contribution in [-0.4, -0.2) is 60.5 Å². The summed E-state index contributed by atoms with van der Waals surface area (Å²) in [5.41, 5.74) is -0.0450. The molecule has 180 valence electrons. The molecule has 1 aliphatic carbocycles. The Morgan fingerprint density at radius 2 is 1.94 bits per heavy atom.